The molecular formula is C19H19NO6. The Kier molecular flexibility index (Phi) is 5.26. The van der Waals surface area contributed by atoms with E-state index in [1.165, 1.54) is 0 Å². The number of aliphatic carboxylic acids is 1. The van der Waals surface area contributed by atoms with Crippen molar-refractivity contribution < 1.29 is 28.9 Å². The van der Waals surface area contributed by atoms with Crippen LogP contribution in [0.3, 0.4) is 0 Å². The van der Waals surface area contributed by atoms with Crippen LogP contribution in [0.4, 0.5) is 0 Å². The second-order valence-corrected chi connectivity index (χ2v) is 5.76. The lowest BCUT2D eigenvalue weighted by molar-refractivity contribution is -0.139. The SMILES string of the molecule is COc1ccc2c(c1)OCCN(C(=O)c1ccc(OCC(=O)O)cc1)C2. The third kappa shape index (κ3) is 4.05. The van der Waals surface area contributed by atoms with Crippen molar-refractivity contribution in [3.05, 3.63) is 53.6 Å². The molecule has 0 spiro atoms. The van der Waals surface area contributed by atoms with Gasteiger partial charge in [-0.3, -0.25) is 4.79 Å². The third-order valence-corrected chi connectivity index (χ3v) is 4.01. The monoisotopic (exact) mass is 357 g/mol. The molecule has 26 heavy (non-hydrogen) atoms. The van der Waals surface area contributed by atoms with Gasteiger partial charge in [-0.25, -0.2) is 4.79 Å². The number of carbonyl (C=O) groups is 2. The summed E-state index contributed by atoms with van der Waals surface area (Å²) in [6.07, 6.45) is 0. The number of amides is 1. The molecule has 0 aliphatic carbocycles. The summed E-state index contributed by atoms with van der Waals surface area (Å²) >= 11 is 0. The van der Waals surface area contributed by atoms with Crippen LogP contribution in [0.1, 0.15) is 15.9 Å². The summed E-state index contributed by atoms with van der Waals surface area (Å²) in [7, 11) is 1.60. The molecule has 0 unspecified atom stereocenters. The zero-order valence-corrected chi connectivity index (χ0v) is 14.3. The molecule has 1 heterocycles. The molecule has 1 amide bonds. The summed E-state index contributed by atoms with van der Waals surface area (Å²) in [6.45, 7) is 0.880. The average molecular weight is 357 g/mol. The summed E-state index contributed by atoms with van der Waals surface area (Å²) in [5, 5.41) is 8.62. The Hall–Kier alpha value is -3.22. The molecule has 1 aliphatic rings. The predicted octanol–water partition coefficient (Wildman–Crippen LogP) is 2.19. The fourth-order valence-electron chi connectivity index (χ4n) is 2.67. The van der Waals surface area contributed by atoms with Crippen LogP contribution in [0.5, 0.6) is 17.2 Å². The van der Waals surface area contributed by atoms with Gasteiger partial charge in [0, 0.05) is 23.7 Å². The summed E-state index contributed by atoms with van der Waals surface area (Å²) in [4.78, 5) is 25.0. The van der Waals surface area contributed by atoms with Crippen molar-refractivity contribution in [2.75, 3.05) is 26.9 Å². The number of hydrogen-bond donors (Lipinski definition) is 1. The smallest absolute Gasteiger partial charge is 0.341 e. The summed E-state index contributed by atoms with van der Waals surface area (Å²) in [5.74, 6) is 0.658. The average Bonchev–Trinajstić information content (AvgIpc) is 2.87. The van der Waals surface area contributed by atoms with Crippen LogP contribution in [0.25, 0.3) is 0 Å². The molecular weight excluding hydrogens is 338 g/mol. The minimum Gasteiger partial charge on any atom is -0.497 e. The zero-order chi connectivity index (χ0) is 18.5. The second-order valence-electron chi connectivity index (χ2n) is 5.76. The number of carboxylic acids is 1. The number of methoxy groups -OCH3 is 1. The summed E-state index contributed by atoms with van der Waals surface area (Å²) in [6, 6.07) is 12.0. The van der Waals surface area contributed by atoms with Crippen LogP contribution in [-0.2, 0) is 11.3 Å². The first-order valence-electron chi connectivity index (χ1n) is 8.10. The van der Waals surface area contributed by atoms with Crippen LogP contribution < -0.4 is 14.2 Å². The van der Waals surface area contributed by atoms with Crippen LogP contribution >= 0.6 is 0 Å². The van der Waals surface area contributed by atoms with E-state index in [-0.39, 0.29) is 5.91 Å². The largest absolute Gasteiger partial charge is 0.497 e. The maximum absolute atomic E-state index is 12.8. The number of ether oxygens (including phenoxy) is 3. The molecule has 2 aromatic rings. The number of carbonyl (C=O) groups excluding carboxylic acids is 1. The minimum absolute atomic E-state index is 0.123. The molecule has 1 aliphatic heterocycles. The summed E-state index contributed by atoms with van der Waals surface area (Å²) < 4.78 is 16.0. The van der Waals surface area contributed by atoms with Gasteiger partial charge < -0.3 is 24.2 Å². The van der Waals surface area contributed by atoms with Gasteiger partial charge in [0.15, 0.2) is 6.61 Å². The topological polar surface area (TPSA) is 85.3 Å². The van der Waals surface area contributed by atoms with E-state index in [1.807, 2.05) is 18.2 Å². The number of fused-ring (bicyclic) bond motifs is 1. The van der Waals surface area contributed by atoms with Crippen LogP contribution in [0, 0.1) is 0 Å². The Morgan fingerprint density at radius 3 is 2.58 bits per heavy atom. The molecule has 0 aromatic heterocycles. The van der Waals surface area contributed by atoms with Gasteiger partial charge in [0.2, 0.25) is 0 Å². The van der Waals surface area contributed by atoms with Crippen molar-refractivity contribution in [1.29, 1.82) is 0 Å². The van der Waals surface area contributed by atoms with Gasteiger partial charge >= 0.3 is 5.97 Å². The number of rotatable bonds is 5. The van der Waals surface area contributed by atoms with Crippen molar-refractivity contribution >= 4 is 11.9 Å². The predicted molar refractivity (Wildman–Crippen MR) is 92.8 cm³/mol. The number of carboxylic acid groups (broad SMARTS) is 1. The molecule has 2 aromatic carbocycles. The van der Waals surface area contributed by atoms with Gasteiger partial charge in [-0.1, -0.05) is 0 Å². The van der Waals surface area contributed by atoms with E-state index in [0.717, 1.165) is 11.3 Å². The van der Waals surface area contributed by atoms with Gasteiger partial charge in [0.1, 0.15) is 23.9 Å². The number of benzene rings is 2. The lowest BCUT2D eigenvalue weighted by Gasteiger charge is -2.20. The molecule has 0 atom stereocenters. The molecule has 7 nitrogen and oxygen atoms in total. The lowest BCUT2D eigenvalue weighted by atomic mass is 10.1. The van der Waals surface area contributed by atoms with Gasteiger partial charge in [-0.15, -0.1) is 0 Å². The highest BCUT2D eigenvalue weighted by Crippen LogP contribution is 2.28. The molecule has 0 bridgehead atoms. The maximum atomic E-state index is 12.8. The fourth-order valence-corrected chi connectivity index (χ4v) is 2.67. The van der Waals surface area contributed by atoms with Crippen molar-refractivity contribution in [1.82, 2.24) is 4.90 Å². The van der Waals surface area contributed by atoms with E-state index < -0.39 is 12.6 Å². The highest BCUT2D eigenvalue weighted by Gasteiger charge is 2.21. The molecule has 3 rings (SSSR count). The highest BCUT2D eigenvalue weighted by atomic mass is 16.5. The van der Waals surface area contributed by atoms with Crippen molar-refractivity contribution in [2.24, 2.45) is 0 Å². The van der Waals surface area contributed by atoms with Crippen LogP contribution in [0.2, 0.25) is 0 Å². The Morgan fingerprint density at radius 2 is 1.88 bits per heavy atom. The standard InChI is InChI=1S/C19H19NO6/c1-24-16-7-4-14-11-20(8-9-25-17(14)10-16)19(23)13-2-5-15(6-3-13)26-12-18(21)22/h2-7,10H,8-9,11-12H2,1H3,(H,21,22). The second kappa shape index (κ2) is 7.77. The fraction of sp³-hybridized carbons (Fsp3) is 0.263. The van der Waals surface area contributed by atoms with Crippen molar-refractivity contribution in [3.8, 4) is 17.2 Å². The van der Waals surface area contributed by atoms with E-state index in [2.05, 4.69) is 0 Å². The first-order valence-corrected chi connectivity index (χ1v) is 8.10. The van der Waals surface area contributed by atoms with E-state index in [1.54, 1.807) is 36.3 Å². The van der Waals surface area contributed by atoms with Crippen molar-refractivity contribution in [2.45, 2.75) is 6.54 Å². The molecule has 0 fully saturated rings. The highest BCUT2D eigenvalue weighted by molar-refractivity contribution is 5.94. The third-order valence-electron chi connectivity index (χ3n) is 4.01. The van der Waals surface area contributed by atoms with E-state index in [4.69, 9.17) is 19.3 Å². The Bertz CT molecular complexity index is 802. The Labute approximate surface area is 150 Å². The van der Waals surface area contributed by atoms with Crippen LogP contribution in [0.15, 0.2) is 42.5 Å². The zero-order valence-electron chi connectivity index (χ0n) is 14.3. The van der Waals surface area contributed by atoms with Crippen molar-refractivity contribution in [3.63, 3.8) is 0 Å². The Morgan fingerprint density at radius 1 is 1.15 bits per heavy atom. The Balaban J connectivity index is 1.71. The number of hydrogen-bond acceptors (Lipinski definition) is 5. The molecule has 0 saturated heterocycles. The van der Waals surface area contributed by atoms with Crippen LogP contribution in [-0.4, -0.2) is 48.8 Å². The minimum atomic E-state index is -1.05. The maximum Gasteiger partial charge on any atom is 0.341 e. The lowest BCUT2D eigenvalue weighted by Crippen LogP contribution is -2.32. The van der Waals surface area contributed by atoms with Gasteiger partial charge in [-0.05, 0) is 36.4 Å². The molecule has 7 heteroatoms. The van der Waals surface area contributed by atoms with Gasteiger partial charge in [0.25, 0.3) is 5.91 Å². The van der Waals surface area contributed by atoms with Gasteiger partial charge in [0.05, 0.1) is 13.7 Å². The molecule has 0 radical (unpaired) electrons. The summed E-state index contributed by atoms with van der Waals surface area (Å²) in [5.41, 5.74) is 1.42. The van der Waals surface area contributed by atoms with E-state index in [9.17, 15) is 9.59 Å². The molecule has 1 N–H and O–H groups in total. The van der Waals surface area contributed by atoms with E-state index >= 15 is 0 Å². The normalized spacial score (nSPS) is 13.2. The first kappa shape index (κ1) is 17.6. The van der Waals surface area contributed by atoms with E-state index in [0.29, 0.717) is 36.8 Å². The number of nitrogens with zero attached hydrogens (tertiary/aromatic N) is 1. The first-order chi connectivity index (χ1) is 12.6. The quantitative estimate of drug-likeness (QED) is 0.883. The molecule has 136 valence electrons. The molecule has 0 saturated carbocycles. The van der Waals surface area contributed by atoms with Gasteiger partial charge in [-0.2, -0.15) is 0 Å².